The summed E-state index contributed by atoms with van der Waals surface area (Å²) in [5.74, 6) is 1.31. The monoisotopic (exact) mass is 334 g/mol. The maximum absolute atomic E-state index is 5.79. The van der Waals surface area contributed by atoms with E-state index in [9.17, 15) is 0 Å². The van der Waals surface area contributed by atoms with E-state index in [2.05, 4.69) is 50.3 Å². The number of aromatic nitrogens is 2. The molecule has 25 heavy (non-hydrogen) atoms. The van der Waals surface area contributed by atoms with E-state index in [0.29, 0.717) is 11.8 Å². The molecule has 0 aliphatic carbocycles. The van der Waals surface area contributed by atoms with Gasteiger partial charge in [-0.25, -0.2) is 0 Å². The van der Waals surface area contributed by atoms with Crippen LogP contribution in [-0.2, 0) is 6.42 Å². The van der Waals surface area contributed by atoms with Crippen LogP contribution in [0.25, 0.3) is 11.5 Å². The predicted octanol–water partition coefficient (Wildman–Crippen LogP) is 3.10. The summed E-state index contributed by atoms with van der Waals surface area (Å²) in [5, 5.41) is 8.34. The van der Waals surface area contributed by atoms with Crippen molar-refractivity contribution in [3.63, 3.8) is 0 Å². The Bertz CT molecular complexity index is 780. The fourth-order valence-corrected chi connectivity index (χ4v) is 3.17. The summed E-state index contributed by atoms with van der Waals surface area (Å²) in [4.78, 5) is 4.91. The summed E-state index contributed by atoms with van der Waals surface area (Å²) in [6.07, 6.45) is 0.797. The zero-order valence-corrected chi connectivity index (χ0v) is 14.2. The number of benzene rings is 2. The van der Waals surface area contributed by atoms with E-state index in [0.717, 1.165) is 44.7 Å². The lowest BCUT2D eigenvalue weighted by molar-refractivity contribution is 0.254. The summed E-state index contributed by atoms with van der Waals surface area (Å²) in [7, 11) is 0. The number of hydrogen-bond acceptors (Lipinski definition) is 5. The van der Waals surface area contributed by atoms with Gasteiger partial charge in [-0.05, 0) is 24.3 Å². The maximum Gasteiger partial charge on any atom is 0.247 e. The topological polar surface area (TPSA) is 45.4 Å². The van der Waals surface area contributed by atoms with Crippen LogP contribution in [0.5, 0.6) is 0 Å². The van der Waals surface area contributed by atoms with E-state index < -0.39 is 0 Å². The Kier molecular flexibility index (Phi) is 4.74. The van der Waals surface area contributed by atoms with E-state index in [-0.39, 0.29) is 0 Å². The molecular weight excluding hydrogens is 312 g/mol. The van der Waals surface area contributed by atoms with Gasteiger partial charge in [0.05, 0.1) is 0 Å². The van der Waals surface area contributed by atoms with Crippen LogP contribution in [0.1, 0.15) is 5.89 Å². The highest BCUT2D eigenvalue weighted by Gasteiger charge is 2.17. The maximum atomic E-state index is 5.79. The zero-order chi connectivity index (χ0) is 16.9. The summed E-state index contributed by atoms with van der Waals surface area (Å²) in [5.41, 5.74) is 2.28. The van der Waals surface area contributed by atoms with Gasteiger partial charge >= 0.3 is 0 Å². The van der Waals surface area contributed by atoms with Crippen LogP contribution >= 0.6 is 0 Å². The Morgan fingerprint density at radius 1 is 0.800 bits per heavy atom. The Labute approximate surface area is 147 Å². The van der Waals surface area contributed by atoms with Gasteiger partial charge in [0, 0.05) is 50.4 Å². The highest BCUT2D eigenvalue weighted by atomic mass is 16.4. The van der Waals surface area contributed by atoms with Crippen molar-refractivity contribution in [3.05, 3.63) is 66.6 Å². The fourth-order valence-electron chi connectivity index (χ4n) is 3.17. The first kappa shape index (κ1) is 15.8. The van der Waals surface area contributed by atoms with Gasteiger partial charge in [0.15, 0.2) is 0 Å². The molecule has 5 heteroatoms. The van der Waals surface area contributed by atoms with Gasteiger partial charge in [0.1, 0.15) is 0 Å². The van der Waals surface area contributed by atoms with Crippen molar-refractivity contribution < 1.29 is 4.42 Å². The molecule has 128 valence electrons. The van der Waals surface area contributed by atoms with Gasteiger partial charge in [-0.1, -0.05) is 36.4 Å². The molecule has 0 saturated carbocycles. The van der Waals surface area contributed by atoms with Crippen LogP contribution in [-0.4, -0.2) is 47.8 Å². The van der Waals surface area contributed by atoms with Crippen molar-refractivity contribution in [2.45, 2.75) is 6.42 Å². The molecule has 0 bridgehead atoms. The first-order valence-corrected chi connectivity index (χ1v) is 8.79. The third-order valence-electron chi connectivity index (χ3n) is 4.62. The van der Waals surface area contributed by atoms with E-state index >= 15 is 0 Å². The normalized spacial score (nSPS) is 15.4. The summed E-state index contributed by atoms with van der Waals surface area (Å²) in [6.45, 7) is 5.20. The number of anilines is 1. The average Bonchev–Trinajstić information content (AvgIpc) is 3.17. The lowest BCUT2D eigenvalue weighted by Crippen LogP contribution is -2.47. The molecule has 5 nitrogen and oxygen atoms in total. The van der Waals surface area contributed by atoms with E-state index in [1.54, 1.807) is 0 Å². The molecule has 2 aromatic carbocycles. The predicted molar refractivity (Wildman–Crippen MR) is 98.5 cm³/mol. The average molecular weight is 334 g/mol. The summed E-state index contributed by atoms with van der Waals surface area (Å²) in [6, 6.07) is 20.5. The van der Waals surface area contributed by atoms with Crippen LogP contribution in [0.4, 0.5) is 5.69 Å². The Hall–Kier alpha value is -2.66. The highest BCUT2D eigenvalue weighted by Crippen LogP contribution is 2.18. The van der Waals surface area contributed by atoms with Crippen LogP contribution in [0.3, 0.4) is 0 Å². The second kappa shape index (κ2) is 7.49. The van der Waals surface area contributed by atoms with Crippen molar-refractivity contribution in [2.24, 2.45) is 0 Å². The van der Waals surface area contributed by atoms with Crippen molar-refractivity contribution >= 4 is 5.69 Å². The molecule has 0 amide bonds. The van der Waals surface area contributed by atoms with Gasteiger partial charge in [0.25, 0.3) is 0 Å². The minimum atomic E-state index is 0.601. The number of nitrogens with zero attached hydrogens (tertiary/aromatic N) is 4. The molecule has 0 radical (unpaired) electrons. The van der Waals surface area contributed by atoms with E-state index in [1.165, 1.54) is 5.69 Å². The Morgan fingerprint density at radius 2 is 1.48 bits per heavy atom. The highest BCUT2D eigenvalue weighted by molar-refractivity contribution is 5.51. The molecular formula is C20H22N4O. The number of para-hydroxylation sites is 1. The zero-order valence-electron chi connectivity index (χ0n) is 14.2. The molecule has 1 aromatic heterocycles. The van der Waals surface area contributed by atoms with Gasteiger partial charge in [-0.15, -0.1) is 10.2 Å². The Balaban J connectivity index is 1.28. The van der Waals surface area contributed by atoms with Crippen LogP contribution in [0, 0.1) is 0 Å². The quantitative estimate of drug-likeness (QED) is 0.717. The molecule has 1 saturated heterocycles. The SMILES string of the molecule is c1ccc(-c2nnc(CCN3CCN(c4ccccc4)CC3)o2)cc1. The first-order valence-electron chi connectivity index (χ1n) is 8.79. The number of piperazine rings is 1. The molecule has 1 fully saturated rings. The standard InChI is InChI=1S/C20H22N4O/c1-3-7-17(8-4-1)20-22-21-19(25-20)11-12-23-13-15-24(16-14-23)18-9-5-2-6-10-18/h1-10H,11-16H2. The third kappa shape index (κ3) is 3.88. The van der Waals surface area contributed by atoms with Gasteiger partial charge in [-0.3, -0.25) is 4.90 Å². The molecule has 0 unspecified atom stereocenters. The minimum Gasteiger partial charge on any atom is -0.421 e. The number of hydrogen-bond donors (Lipinski definition) is 0. The second-order valence-corrected chi connectivity index (χ2v) is 6.28. The molecule has 4 rings (SSSR count). The third-order valence-corrected chi connectivity index (χ3v) is 4.62. The van der Waals surface area contributed by atoms with Crippen molar-refractivity contribution in [2.75, 3.05) is 37.6 Å². The van der Waals surface area contributed by atoms with Crippen molar-refractivity contribution in [3.8, 4) is 11.5 Å². The Morgan fingerprint density at radius 3 is 2.20 bits per heavy atom. The van der Waals surface area contributed by atoms with Crippen LogP contribution < -0.4 is 4.90 Å². The van der Waals surface area contributed by atoms with Crippen LogP contribution in [0.15, 0.2) is 65.1 Å². The summed E-state index contributed by atoms with van der Waals surface area (Å²) >= 11 is 0. The summed E-state index contributed by atoms with van der Waals surface area (Å²) < 4.78 is 5.79. The van der Waals surface area contributed by atoms with Crippen LogP contribution in [0.2, 0.25) is 0 Å². The van der Waals surface area contributed by atoms with Gasteiger partial charge in [0.2, 0.25) is 11.8 Å². The molecule has 2 heterocycles. The van der Waals surface area contributed by atoms with E-state index in [4.69, 9.17) is 4.42 Å². The van der Waals surface area contributed by atoms with Gasteiger partial charge in [-0.2, -0.15) is 0 Å². The molecule has 1 aliphatic heterocycles. The number of rotatable bonds is 5. The van der Waals surface area contributed by atoms with Crippen molar-refractivity contribution in [1.29, 1.82) is 0 Å². The smallest absolute Gasteiger partial charge is 0.247 e. The fraction of sp³-hybridized carbons (Fsp3) is 0.300. The first-order chi connectivity index (χ1) is 12.4. The van der Waals surface area contributed by atoms with Gasteiger partial charge < -0.3 is 9.32 Å². The van der Waals surface area contributed by atoms with Crippen molar-refractivity contribution in [1.82, 2.24) is 15.1 Å². The largest absolute Gasteiger partial charge is 0.421 e. The molecule has 3 aromatic rings. The molecule has 0 spiro atoms. The van der Waals surface area contributed by atoms with E-state index in [1.807, 2.05) is 30.3 Å². The molecule has 0 N–H and O–H groups in total. The molecule has 1 aliphatic rings. The second-order valence-electron chi connectivity index (χ2n) is 6.28. The minimum absolute atomic E-state index is 0.601. The molecule has 0 atom stereocenters. The lowest BCUT2D eigenvalue weighted by atomic mass is 10.2. The lowest BCUT2D eigenvalue weighted by Gasteiger charge is -2.35.